The smallest absolute Gasteiger partial charge is 0.211 e. The number of piperidine rings is 1. The second kappa shape index (κ2) is 5.47. The van der Waals surface area contributed by atoms with Crippen molar-refractivity contribution in [2.75, 3.05) is 32.4 Å². The Morgan fingerprint density at radius 3 is 2.67 bits per heavy atom. The van der Waals surface area contributed by atoms with Crippen molar-refractivity contribution < 1.29 is 8.42 Å². The van der Waals surface area contributed by atoms with Crippen molar-refractivity contribution in [3.63, 3.8) is 0 Å². The Labute approximate surface area is 111 Å². The van der Waals surface area contributed by atoms with Crippen LogP contribution in [-0.2, 0) is 10.0 Å². The molecule has 0 bridgehead atoms. The van der Waals surface area contributed by atoms with Crippen LogP contribution in [0.15, 0.2) is 0 Å². The number of sulfonamides is 1. The highest BCUT2D eigenvalue weighted by molar-refractivity contribution is 7.88. The van der Waals surface area contributed by atoms with Crippen molar-refractivity contribution >= 4 is 10.0 Å². The lowest BCUT2D eigenvalue weighted by Gasteiger charge is -2.31. The summed E-state index contributed by atoms with van der Waals surface area (Å²) in [6.45, 7) is 5.74. The molecule has 106 valence electrons. The molecule has 1 aliphatic carbocycles. The molecular weight excluding hydrogens is 248 g/mol. The Kier molecular flexibility index (Phi) is 4.34. The number of nitrogens with one attached hydrogen (secondary N) is 1. The van der Waals surface area contributed by atoms with Gasteiger partial charge in [0.2, 0.25) is 10.0 Å². The molecule has 1 heterocycles. The van der Waals surface area contributed by atoms with E-state index in [0.717, 1.165) is 25.9 Å². The first-order chi connectivity index (χ1) is 8.45. The van der Waals surface area contributed by atoms with E-state index in [0.29, 0.717) is 24.4 Å². The fraction of sp³-hybridized carbons (Fsp3) is 1.00. The van der Waals surface area contributed by atoms with Crippen molar-refractivity contribution in [1.82, 2.24) is 9.62 Å². The van der Waals surface area contributed by atoms with Crippen molar-refractivity contribution in [3.8, 4) is 0 Å². The van der Waals surface area contributed by atoms with Gasteiger partial charge >= 0.3 is 0 Å². The molecule has 2 aliphatic rings. The molecule has 4 nitrogen and oxygen atoms in total. The van der Waals surface area contributed by atoms with Crippen LogP contribution in [0.5, 0.6) is 0 Å². The fourth-order valence-corrected chi connectivity index (χ4v) is 3.81. The maximum Gasteiger partial charge on any atom is 0.211 e. The van der Waals surface area contributed by atoms with Gasteiger partial charge in [0.1, 0.15) is 0 Å². The van der Waals surface area contributed by atoms with Crippen molar-refractivity contribution in [1.29, 1.82) is 0 Å². The Morgan fingerprint density at radius 1 is 1.39 bits per heavy atom. The molecular formula is C13H26N2O2S. The Hall–Kier alpha value is -0.130. The SMILES string of the molecule is CCC1(CNCC2CCCN(S(C)(=O)=O)C2)CC1. The van der Waals surface area contributed by atoms with Crippen LogP contribution in [0, 0.1) is 11.3 Å². The van der Waals surface area contributed by atoms with E-state index in [-0.39, 0.29) is 0 Å². The maximum atomic E-state index is 11.5. The third kappa shape index (κ3) is 3.68. The average molecular weight is 274 g/mol. The molecule has 1 saturated carbocycles. The minimum Gasteiger partial charge on any atom is -0.316 e. The largest absolute Gasteiger partial charge is 0.316 e. The Bertz CT molecular complexity index is 376. The van der Waals surface area contributed by atoms with Gasteiger partial charge in [-0.05, 0) is 50.0 Å². The summed E-state index contributed by atoms with van der Waals surface area (Å²) in [5.41, 5.74) is 0.575. The molecule has 0 aromatic carbocycles. The van der Waals surface area contributed by atoms with E-state index in [4.69, 9.17) is 0 Å². The van der Waals surface area contributed by atoms with Crippen LogP contribution in [0.4, 0.5) is 0 Å². The molecule has 2 rings (SSSR count). The van der Waals surface area contributed by atoms with Gasteiger partial charge in [-0.15, -0.1) is 0 Å². The standard InChI is InChI=1S/C13H26N2O2S/c1-3-13(6-7-13)11-14-9-12-5-4-8-15(10-12)18(2,16)17/h12,14H,3-11H2,1-2H3. The van der Waals surface area contributed by atoms with Crippen LogP contribution < -0.4 is 5.32 Å². The van der Waals surface area contributed by atoms with E-state index in [1.807, 2.05) is 0 Å². The van der Waals surface area contributed by atoms with Gasteiger partial charge in [0.25, 0.3) is 0 Å². The van der Waals surface area contributed by atoms with Gasteiger partial charge in [-0.25, -0.2) is 12.7 Å². The highest BCUT2D eigenvalue weighted by Crippen LogP contribution is 2.47. The number of nitrogens with zero attached hydrogens (tertiary/aromatic N) is 1. The number of rotatable bonds is 6. The molecule has 0 amide bonds. The number of hydrogen-bond donors (Lipinski definition) is 1. The second-order valence-electron chi connectivity index (χ2n) is 6.11. The second-order valence-corrected chi connectivity index (χ2v) is 8.10. The van der Waals surface area contributed by atoms with Crippen molar-refractivity contribution in [2.45, 2.75) is 39.0 Å². The van der Waals surface area contributed by atoms with Gasteiger partial charge in [-0.1, -0.05) is 6.92 Å². The summed E-state index contributed by atoms with van der Waals surface area (Å²) in [5, 5.41) is 3.56. The van der Waals surface area contributed by atoms with Gasteiger partial charge in [-0.2, -0.15) is 0 Å². The predicted molar refractivity (Wildman–Crippen MR) is 74.0 cm³/mol. The highest BCUT2D eigenvalue weighted by Gasteiger charge is 2.40. The molecule has 1 saturated heterocycles. The highest BCUT2D eigenvalue weighted by atomic mass is 32.2. The maximum absolute atomic E-state index is 11.5. The number of hydrogen-bond acceptors (Lipinski definition) is 3. The Balaban J connectivity index is 1.73. The molecule has 1 aliphatic heterocycles. The van der Waals surface area contributed by atoms with Crippen molar-refractivity contribution in [3.05, 3.63) is 0 Å². The van der Waals surface area contributed by atoms with E-state index in [1.165, 1.54) is 25.5 Å². The summed E-state index contributed by atoms with van der Waals surface area (Å²) in [5.74, 6) is 0.487. The van der Waals surface area contributed by atoms with Crippen LogP contribution in [0.3, 0.4) is 0 Å². The molecule has 1 unspecified atom stereocenters. The molecule has 2 fully saturated rings. The van der Waals surface area contributed by atoms with Gasteiger partial charge in [0, 0.05) is 19.6 Å². The quantitative estimate of drug-likeness (QED) is 0.797. The van der Waals surface area contributed by atoms with E-state index in [2.05, 4.69) is 12.2 Å². The fourth-order valence-electron chi connectivity index (χ4n) is 2.87. The van der Waals surface area contributed by atoms with E-state index in [1.54, 1.807) is 4.31 Å². The van der Waals surface area contributed by atoms with Gasteiger partial charge in [-0.3, -0.25) is 0 Å². The summed E-state index contributed by atoms with van der Waals surface area (Å²) in [6, 6.07) is 0. The Morgan fingerprint density at radius 2 is 2.11 bits per heavy atom. The van der Waals surface area contributed by atoms with Crippen LogP contribution >= 0.6 is 0 Å². The molecule has 18 heavy (non-hydrogen) atoms. The monoisotopic (exact) mass is 274 g/mol. The van der Waals surface area contributed by atoms with E-state index in [9.17, 15) is 8.42 Å². The van der Waals surface area contributed by atoms with Crippen LogP contribution in [0.25, 0.3) is 0 Å². The molecule has 5 heteroatoms. The lowest BCUT2D eigenvalue weighted by atomic mass is 9.98. The first kappa shape index (κ1) is 14.3. The molecule has 0 spiro atoms. The third-order valence-electron chi connectivity index (χ3n) is 4.59. The predicted octanol–water partition coefficient (Wildman–Crippen LogP) is 1.44. The molecule has 0 aromatic heterocycles. The minimum atomic E-state index is -3.00. The zero-order valence-corrected chi connectivity index (χ0v) is 12.4. The van der Waals surface area contributed by atoms with E-state index >= 15 is 0 Å². The molecule has 1 N–H and O–H groups in total. The van der Waals surface area contributed by atoms with E-state index < -0.39 is 10.0 Å². The van der Waals surface area contributed by atoms with Gasteiger partial charge in [0.05, 0.1) is 6.26 Å². The van der Waals surface area contributed by atoms with Crippen LogP contribution in [0.2, 0.25) is 0 Å². The first-order valence-corrected chi connectivity index (χ1v) is 8.96. The summed E-state index contributed by atoms with van der Waals surface area (Å²) in [6.07, 6.45) is 7.45. The zero-order chi connectivity index (χ0) is 13.2. The van der Waals surface area contributed by atoms with Crippen molar-refractivity contribution in [2.24, 2.45) is 11.3 Å². The lowest BCUT2D eigenvalue weighted by molar-refractivity contribution is 0.256. The molecule has 1 atom stereocenters. The zero-order valence-electron chi connectivity index (χ0n) is 11.6. The molecule has 0 radical (unpaired) electrons. The van der Waals surface area contributed by atoms with Crippen LogP contribution in [0.1, 0.15) is 39.0 Å². The third-order valence-corrected chi connectivity index (χ3v) is 5.86. The summed E-state index contributed by atoms with van der Waals surface area (Å²) < 4.78 is 24.7. The van der Waals surface area contributed by atoms with Crippen LogP contribution in [-0.4, -0.2) is 45.2 Å². The topological polar surface area (TPSA) is 49.4 Å². The normalized spacial score (nSPS) is 28.2. The van der Waals surface area contributed by atoms with Gasteiger partial charge < -0.3 is 5.32 Å². The minimum absolute atomic E-state index is 0.487. The van der Waals surface area contributed by atoms with Gasteiger partial charge in [0.15, 0.2) is 0 Å². The summed E-state index contributed by atoms with van der Waals surface area (Å²) in [4.78, 5) is 0. The summed E-state index contributed by atoms with van der Waals surface area (Å²) >= 11 is 0. The summed E-state index contributed by atoms with van der Waals surface area (Å²) in [7, 11) is -3.00. The first-order valence-electron chi connectivity index (χ1n) is 7.11. The average Bonchev–Trinajstić information content (AvgIpc) is 3.09. The molecule has 0 aromatic rings. The lowest BCUT2D eigenvalue weighted by Crippen LogP contribution is -2.43.